The molecule has 122 valence electrons. The number of hydrogen-bond acceptors (Lipinski definition) is 5. The third kappa shape index (κ3) is 4.56. The number of amides is 1. The van der Waals surface area contributed by atoms with Gasteiger partial charge in [0.25, 0.3) is 0 Å². The molecule has 3 N–H and O–H groups in total. The third-order valence-electron chi connectivity index (χ3n) is 4.13. The first-order valence-corrected chi connectivity index (χ1v) is 7.87. The number of nitrogens with two attached hydrogens (primary N) is 1. The summed E-state index contributed by atoms with van der Waals surface area (Å²) in [6.45, 7) is 9.11. The Hall–Kier alpha value is -0.850. The van der Waals surface area contributed by atoms with Gasteiger partial charge in [-0.15, -0.1) is 0 Å². The van der Waals surface area contributed by atoms with E-state index < -0.39 is 5.60 Å². The van der Waals surface area contributed by atoms with E-state index in [1.54, 1.807) is 4.90 Å². The molecule has 0 radical (unpaired) electrons. The number of hydrogen-bond donors (Lipinski definition) is 2. The molecule has 2 fully saturated rings. The standard InChI is InChI=1S/C15H29N3O3/c1-14(2,3)21-13(19)18-7-6-15(10-16,11-18)17-12-4-8-20-9-5-12/h12,17H,4-11,16H2,1-3H3. The molecule has 0 saturated carbocycles. The van der Waals surface area contributed by atoms with Gasteiger partial charge in [-0.05, 0) is 40.0 Å². The van der Waals surface area contributed by atoms with Crippen molar-refractivity contribution in [2.45, 2.75) is 57.2 Å². The second-order valence-corrected chi connectivity index (χ2v) is 7.17. The van der Waals surface area contributed by atoms with E-state index in [2.05, 4.69) is 5.32 Å². The van der Waals surface area contributed by atoms with Crippen LogP contribution in [0.4, 0.5) is 4.79 Å². The van der Waals surface area contributed by atoms with Gasteiger partial charge >= 0.3 is 6.09 Å². The van der Waals surface area contributed by atoms with Crippen molar-refractivity contribution in [2.24, 2.45) is 5.73 Å². The Bertz CT molecular complexity index is 364. The molecule has 1 atom stereocenters. The Kier molecular flexibility index (Phi) is 5.11. The lowest BCUT2D eigenvalue weighted by Crippen LogP contribution is -2.58. The molecule has 0 spiro atoms. The monoisotopic (exact) mass is 299 g/mol. The molecule has 2 rings (SSSR count). The zero-order valence-corrected chi connectivity index (χ0v) is 13.5. The van der Waals surface area contributed by atoms with Crippen molar-refractivity contribution in [2.75, 3.05) is 32.8 Å². The van der Waals surface area contributed by atoms with E-state index in [4.69, 9.17) is 15.2 Å². The predicted octanol–water partition coefficient (Wildman–Crippen LogP) is 1.09. The second kappa shape index (κ2) is 6.50. The average Bonchev–Trinajstić information content (AvgIpc) is 2.83. The van der Waals surface area contributed by atoms with Gasteiger partial charge in [0.05, 0.1) is 5.54 Å². The van der Waals surface area contributed by atoms with Gasteiger partial charge in [0.15, 0.2) is 0 Å². The highest BCUT2D eigenvalue weighted by Crippen LogP contribution is 2.24. The lowest BCUT2D eigenvalue weighted by atomic mass is 9.95. The third-order valence-corrected chi connectivity index (χ3v) is 4.13. The van der Waals surface area contributed by atoms with E-state index in [1.165, 1.54) is 0 Å². The summed E-state index contributed by atoms with van der Waals surface area (Å²) in [6, 6.07) is 0.431. The highest BCUT2D eigenvalue weighted by Gasteiger charge is 2.41. The number of carbonyl (C=O) groups is 1. The Morgan fingerprint density at radius 2 is 2.10 bits per heavy atom. The molecular weight excluding hydrogens is 270 g/mol. The minimum Gasteiger partial charge on any atom is -0.444 e. The summed E-state index contributed by atoms with van der Waals surface area (Å²) in [5.74, 6) is 0. The summed E-state index contributed by atoms with van der Waals surface area (Å²) in [6.07, 6.45) is 2.65. The smallest absolute Gasteiger partial charge is 0.410 e. The Balaban J connectivity index is 1.91. The van der Waals surface area contributed by atoms with Gasteiger partial charge in [-0.3, -0.25) is 0 Å². The fraction of sp³-hybridized carbons (Fsp3) is 0.933. The average molecular weight is 299 g/mol. The summed E-state index contributed by atoms with van der Waals surface area (Å²) in [7, 11) is 0. The molecule has 0 bridgehead atoms. The summed E-state index contributed by atoms with van der Waals surface area (Å²) in [5, 5.41) is 3.67. The van der Waals surface area contributed by atoms with Crippen molar-refractivity contribution in [3.05, 3.63) is 0 Å². The van der Waals surface area contributed by atoms with Gasteiger partial charge in [0.2, 0.25) is 0 Å². The molecule has 0 aromatic carbocycles. The van der Waals surface area contributed by atoms with Crippen molar-refractivity contribution in [3.8, 4) is 0 Å². The molecule has 21 heavy (non-hydrogen) atoms. The van der Waals surface area contributed by atoms with Crippen LogP contribution in [0.15, 0.2) is 0 Å². The molecule has 6 heteroatoms. The number of likely N-dealkylation sites (tertiary alicyclic amines) is 1. The summed E-state index contributed by atoms with van der Waals surface area (Å²) >= 11 is 0. The van der Waals surface area contributed by atoms with E-state index in [1.807, 2.05) is 20.8 Å². The first-order chi connectivity index (χ1) is 9.84. The maximum atomic E-state index is 12.2. The maximum Gasteiger partial charge on any atom is 0.410 e. The molecular formula is C15H29N3O3. The van der Waals surface area contributed by atoms with E-state index in [0.29, 0.717) is 25.7 Å². The van der Waals surface area contributed by atoms with Crippen LogP contribution in [0, 0.1) is 0 Å². The van der Waals surface area contributed by atoms with Gasteiger partial charge in [-0.2, -0.15) is 0 Å². The van der Waals surface area contributed by atoms with Crippen LogP contribution in [-0.2, 0) is 9.47 Å². The van der Waals surface area contributed by atoms with Crippen LogP contribution in [0.5, 0.6) is 0 Å². The van der Waals surface area contributed by atoms with Crippen LogP contribution >= 0.6 is 0 Å². The molecule has 1 amide bonds. The Morgan fingerprint density at radius 1 is 1.43 bits per heavy atom. The highest BCUT2D eigenvalue weighted by molar-refractivity contribution is 5.68. The van der Waals surface area contributed by atoms with E-state index in [0.717, 1.165) is 32.5 Å². The maximum absolute atomic E-state index is 12.2. The van der Waals surface area contributed by atoms with E-state index in [9.17, 15) is 4.79 Å². The number of carbonyl (C=O) groups excluding carboxylic acids is 1. The summed E-state index contributed by atoms with van der Waals surface area (Å²) in [4.78, 5) is 13.9. The largest absolute Gasteiger partial charge is 0.444 e. The summed E-state index contributed by atoms with van der Waals surface area (Å²) in [5.41, 5.74) is 5.36. The zero-order chi connectivity index (χ0) is 15.5. The van der Waals surface area contributed by atoms with Crippen LogP contribution in [0.1, 0.15) is 40.0 Å². The molecule has 2 saturated heterocycles. The normalized spacial score (nSPS) is 27.9. The fourth-order valence-corrected chi connectivity index (χ4v) is 2.97. The molecule has 2 aliphatic heterocycles. The summed E-state index contributed by atoms with van der Waals surface area (Å²) < 4.78 is 10.8. The fourth-order valence-electron chi connectivity index (χ4n) is 2.97. The molecule has 0 aromatic rings. The number of ether oxygens (including phenoxy) is 2. The van der Waals surface area contributed by atoms with Gasteiger partial charge in [-0.1, -0.05) is 0 Å². The number of rotatable bonds is 3. The van der Waals surface area contributed by atoms with Crippen molar-refractivity contribution in [1.29, 1.82) is 0 Å². The zero-order valence-electron chi connectivity index (χ0n) is 13.5. The second-order valence-electron chi connectivity index (χ2n) is 7.17. The van der Waals surface area contributed by atoms with Crippen molar-refractivity contribution in [3.63, 3.8) is 0 Å². The van der Waals surface area contributed by atoms with Gasteiger partial charge in [0.1, 0.15) is 5.60 Å². The highest BCUT2D eigenvalue weighted by atomic mass is 16.6. The van der Waals surface area contributed by atoms with Crippen molar-refractivity contribution >= 4 is 6.09 Å². The molecule has 0 aromatic heterocycles. The minimum absolute atomic E-state index is 0.182. The Labute approximate surface area is 127 Å². The van der Waals surface area contributed by atoms with Crippen molar-refractivity contribution < 1.29 is 14.3 Å². The van der Waals surface area contributed by atoms with Gasteiger partial charge in [-0.25, -0.2) is 4.79 Å². The molecule has 2 heterocycles. The minimum atomic E-state index is -0.459. The molecule has 6 nitrogen and oxygen atoms in total. The van der Waals surface area contributed by atoms with Crippen LogP contribution < -0.4 is 11.1 Å². The van der Waals surface area contributed by atoms with Crippen LogP contribution in [0.3, 0.4) is 0 Å². The first kappa shape index (κ1) is 16.5. The number of nitrogens with one attached hydrogen (secondary N) is 1. The molecule has 0 aliphatic carbocycles. The SMILES string of the molecule is CC(C)(C)OC(=O)N1CCC(CN)(NC2CCOCC2)C1. The quantitative estimate of drug-likeness (QED) is 0.816. The van der Waals surface area contributed by atoms with Crippen LogP contribution in [-0.4, -0.2) is 61.0 Å². The van der Waals surface area contributed by atoms with Gasteiger partial charge < -0.3 is 25.4 Å². The van der Waals surface area contributed by atoms with E-state index >= 15 is 0 Å². The topological polar surface area (TPSA) is 76.8 Å². The van der Waals surface area contributed by atoms with Crippen molar-refractivity contribution in [1.82, 2.24) is 10.2 Å². The van der Waals surface area contributed by atoms with Crippen LogP contribution in [0.2, 0.25) is 0 Å². The lowest BCUT2D eigenvalue weighted by Gasteiger charge is -2.35. The van der Waals surface area contributed by atoms with Gasteiger partial charge in [0, 0.05) is 38.9 Å². The first-order valence-electron chi connectivity index (χ1n) is 7.87. The van der Waals surface area contributed by atoms with E-state index in [-0.39, 0.29) is 11.6 Å². The van der Waals surface area contributed by atoms with Crippen LogP contribution in [0.25, 0.3) is 0 Å². The number of nitrogens with zero attached hydrogens (tertiary/aromatic N) is 1. The lowest BCUT2D eigenvalue weighted by molar-refractivity contribution is 0.0272. The predicted molar refractivity (Wildman–Crippen MR) is 81.2 cm³/mol. The Morgan fingerprint density at radius 3 is 2.67 bits per heavy atom. The molecule has 2 aliphatic rings. The molecule has 1 unspecified atom stereocenters.